The fourth-order valence-electron chi connectivity index (χ4n) is 1.91. The summed E-state index contributed by atoms with van der Waals surface area (Å²) in [5.74, 6) is -0.205. The highest BCUT2D eigenvalue weighted by Gasteiger charge is 2.28. The van der Waals surface area contributed by atoms with Crippen molar-refractivity contribution in [2.75, 3.05) is 0 Å². The summed E-state index contributed by atoms with van der Waals surface area (Å²) in [4.78, 5) is 23.5. The van der Waals surface area contributed by atoms with Crippen molar-refractivity contribution >= 4 is 23.2 Å². The highest BCUT2D eigenvalue weighted by molar-refractivity contribution is 6.61. The SMILES string of the molecule is CC(C)CC1=CC(CC(C)C)=C(Cl)C(=O)C1=O. The normalized spacial score (nSPS) is 17.2. The fraction of sp³-hybridized carbons (Fsp3) is 0.571. The topological polar surface area (TPSA) is 34.1 Å². The van der Waals surface area contributed by atoms with Crippen molar-refractivity contribution in [1.29, 1.82) is 0 Å². The number of carbonyl (C=O) groups excluding carboxylic acids is 2. The number of hydrogen-bond donors (Lipinski definition) is 0. The van der Waals surface area contributed by atoms with Crippen molar-refractivity contribution in [3.8, 4) is 0 Å². The lowest BCUT2D eigenvalue weighted by Crippen LogP contribution is -2.22. The summed E-state index contributed by atoms with van der Waals surface area (Å²) in [5, 5.41) is 0.108. The van der Waals surface area contributed by atoms with E-state index in [-0.39, 0.29) is 5.03 Å². The minimum absolute atomic E-state index is 0.108. The third kappa shape index (κ3) is 3.53. The molecule has 0 saturated heterocycles. The molecule has 0 saturated carbocycles. The quantitative estimate of drug-likeness (QED) is 0.567. The molecule has 1 rings (SSSR count). The molecule has 0 aromatic carbocycles. The summed E-state index contributed by atoms with van der Waals surface area (Å²) in [6.07, 6.45) is 3.18. The third-order valence-corrected chi connectivity index (χ3v) is 3.00. The van der Waals surface area contributed by atoms with Crippen molar-refractivity contribution in [2.24, 2.45) is 11.8 Å². The second kappa shape index (κ2) is 5.63. The lowest BCUT2D eigenvalue weighted by Gasteiger charge is -2.17. The largest absolute Gasteiger partial charge is 0.285 e. The number of rotatable bonds is 4. The number of ketones is 2. The standard InChI is InChI=1S/C14H19ClO2/c1-8(2)5-10-7-11(6-9(3)4)13(16)14(17)12(10)15/h7-9H,5-6H2,1-4H3. The van der Waals surface area contributed by atoms with Crippen LogP contribution in [0.2, 0.25) is 0 Å². The predicted molar refractivity (Wildman–Crippen MR) is 69.9 cm³/mol. The molecule has 1 aliphatic carbocycles. The van der Waals surface area contributed by atoms with Crippen LogP contribution in [0.4, 0.5) is 0 Å². The van der Waals surface area contributed by atoms with Gasteiger partial charge in [-0.1, -0.05) is 45.4 Å². The van der Waals surface area contributed by atoms with Gasteiger partial charge in [-0.2, -0.15) is 0 Å². The zero-order valence-electron chi connectivity index (χ0n) is 10.8. The Morgan fingerprint density at radius 3 is 2.00 bits per heavy atom. The molecule has 17 heavy (non-hydrogen) atoms. The van der Waals surface area contributed by atoms with Gasteiger partial charge < -0.3 is 0 Å². The number of Topliss-reactive ketones (excluding diaryl/α,β-unsaturated/α-hetero) is 2. The molecule has 0 bridgehead atoms. The molecule has 0 heterocycles. The zero-order valence-corrected chi connectivity index (χ0v) is 11.6. The van der Waals surface area contributed by atoms with Gasteiger partial charge in [0.05, 0.1) is 5.03 Å². The van der Waals surface area contributed by atoms with Gasteiger partial charge in [0.25, 0.3) is 0 Å². The predicted octanol–water partition coefficient (Wildman–Crippen LogP) is 3.65. The van der Waals surface area contributed by atoms with E-state index in [1.807, 2.05) is 19.9 Å². The van der Waals surface area contributed by atoms with Crippen LogP contribution in [0, 0.1) is 11.8 Å². The molecule has 2 nitrogen and oxygen atoms in total. The van der Waals surface area contributed by atoms with Crippen LogP contribution < -0.4 is 0 Å². The van der Waals surface area contributed by atoms with Crippen LogP contribution in [-0.4, -0.2) is 11.6 Å². The Hall–Kier alpha value is -0.890. The average Bonchev–Trinajstić information content (AvgIpc) is 2.20. The van der Waals surface area contributed by atoms with E-state index in [0.29, 0.717) is 23.8 Å². The molecule has 3 heteroatoms. The molecule has 0 spiro atoms. The van der Waals surface area contributed by atoms with Gasteiger partial charge in [-0.25, -0.2) is 0 Å². The maximum Gasteiger partial charge on any atom is 0.244 e. The summed E-state index contributed by atoms with van der Waals surface area (Å²) in [5.41, 5.74) is 1.41. The van der Waals surface area contributed by atoms with E-state index in [0.717, 1.165) is 12.0 Å². The minimum atomic E-state index is -0.541. The summed E-state index contributed by atoms with van der Waals surface area (Å²) in [7, 11) is 0. The third-order valence-electron chi connectivity index (χ3n) is 2.58. The Balaban J connectivity index is 3.06. The van der Waals surface area contributed by atoms with E-state index in [4.69, 9.17) is 11.6 Å². The number of hydrogen-bond acceptors (Lipinski definition) is 2. The summed E-state index contributed by atoms with van der Waals surface area (Å²) >= 11 is 5.94. The van der Waals surface area contributed by atoms with Crippen LogP contribution in [0.25, 0.3) is 0 Å². The smallest absolute Gasteiger partial charge is 0.244 e. The molecule has 0 aromatic heterocycles. The van der Waals surface area contributed by atoms with Crippen molar-refractivity contribution in [1.82, 2.24) is 0 Å². The van der Waals surface area contributed by atoms with Crippen LogP contribution in [-0.2, 0) is 9.59 Å². The first-order chi connectivity index (χ1) is 7.82. The number of halogens is 1. The Bertz CT molecular complexity index is 400. The summed E-state index contributed by atoms with van der Waals surface area (Å²) in [6, 6.07) is 0. The second-order valence-electron chi connectivity index (χ2n) is 5.36. The fourth-order valence-corrected chi connectivity index (χ4v) is 2.13. The van der Waals surface area contributed by atoms with Crippen molar-refractivity contribution in [2.45, 2.75) is 40.5 Å². The van der Waals surface area contributed by atoms with Gasteiger partial charge in [-0.3, -0.25) is 9.59 Å². The monoisotopic (exact) mass is 254 g/mol. The Morgan fingerprint density at radius 1 is 1.00 bits per heavy atom. The molecule has 94 valence electrons. The number of allylic oxidation sites excluding steroid dienone is 4. The van der Waals surface area contributed by atoms with Crippen molar-refractivity contribution in [3.05, 3.63) is 22.3 Å². The van der Waals surface area contributed by atoms with Gasteiger partial charge in [0, 0.05) is 5.57 Å². The van der Waals surface area contributed by atoms with Gasteiger partial charge in [-0.05, 0) is 30.3 Å². The maximum atomic E-state index is 11.8. The van der Waals surface area contributed by atoms with Gasteiger partial charge in [-0.15, -0.1) is 0 Å². The molecule has 0 amide bonds. The maximum absolute atomic E-state index is 11.8. The van der Waals surface area contributed by atoms with Crippen LogP contribution >= 0.6 is 11.6 Å². The first-order valence-corrected chi connectivity index (χ1v) is 6.39. The van der Waals surface area contributed by atoms with Crippen LogP contribution in [0.3, 0.4) is 0 Å². The van der Waals surface area contributed by atoms with Gasteiger partial charge in [0.1, 0.15) is 0 Å². The first-order valence-electron chi connectivity index (χ1n) is 6.01. The second-order valence-corrected chi connectivity index (χ2v) is 5.74. The minimum Gasteiger partial charge on any atom is -0.285 e. The average molecular weight is 255 g/mol. The van der Waals surface area contributed by atoms with Crippen LogP contribution in [0.1, 0.15) is 40.5 Å². The van der Waals surface area contributed by atoms with Crippen LogP contribution in [0.5, 0.6) is 0 Å². The van der Waals surface area contributed by atoms with Gasteiger partial charge in [0.15, 0.2) is 0 Å². The molecule has 0 aromatic rings. The van der Waals surface area contributed by atoms with Crippen molar-refractivity contribution in [3.63, 3.8) is 0 Å². The van der Waals surface area contributed by atoms with Gasteiger partial charge >= 0.3 is 0 Å². The highest BCUT2D eigenvalue weighted by atomic mass is 35.5. The van der Waals surface area contributed by atoms with E-state index in [9.17, 15) is 9.59 Å². The molecule has 0 radical (unpaired) electrons. The van der Waals surface area contributed by atoms with Crippen molar-refractivity contribution < 1.29 is 9.59 Å². The molecule has 0 unspecified atom stereocenters. The molecule has 0 N–H and O–H groups in total. The lowest BCUT2D eigenvalue weighted by molar-refractivity contribution is -0.132. The Kier molecular flexibility index (Phi) is 4.70. The summed E-state index contributed by atoms with van der Waals surface area (Å²) in [6.45, 7) is 8.18. The highest BCUT2D eigenvalue weighted by Crippen LogP contribution is 2.29. The number of carbonyl (C=O) groups is 2. The molecule has 0 atom stereocenters. The van der Waals surface area contributed by atoms with E-state index in [1.54, 1.807) is 0 Å². The summed E-state index contributed by atoms with van der Waals surface area (Å²) < 4.78 is 0. The molecular formula is C14H19ClO2. The first kappa shape index (κ1) is 14.2. The van der Waals surface area contributed by atoms with E-state index < -0.39 is 11.6 Å². The van der Waals surface area contributed by atoms with E-state index >= 15 is 0 Å². The van der Waals surface area contributed by atoms with Gasteiger partial charge in [0.2, 0.25) is 11.6 Å². The Labute approximate surface area is 108 Å². The van der Waals surface area contributed by atoms with E-state index in [2.05, 4.69) is 13.8 Å². The molecular weight excluding hydrogens is 236 g/mol. The lowest BCUT2D eigenvalue weighted by atomic mass is 9.88. The van der Waals surface area contributed by atoms with E-state index in [1.165, 1.54) is 0 Å². The Morgan fingerprint density at radius 2 is 1.53 bits per heavy atom. The molecule has 1 aliphatic rings. The molecule has 0 fully saturated rings. The zero-order chi connectivity index (χ0) is 13.2. The van der Waals surface area contributed by atoms with Crippen LogP contribution in [0.15, 0.2) is 22.3 Å². The molecule has 0 aliphatic heterocycles.